The van der Waals surface area contributed by atoms with Gasteiger partial charge in [0.05, 0.1) is 0 Å². The summed E-state index contributed by atoms with van der Waals surface area (Å²) in [5.74, 6) is -2.67. The second-order valence-corrected chi connectivity index (χ2v) is 12.4. The van der Waals surface area contributed by atoms with Crippen molar-refractivity contribution in [3.05, 3.63) is 68.7 Å². The first kappa shape index (κ1) is 38.7. The van der Waals surface area contributed by atoms with Gasteiger partial charge in [-0.1, -0.05) is 44.7 Å². The minimum absolute atomic E-state index is 0.0362. The molecule has 1 aromatic carbocycles. The summed E-state index contributed by atoms with van der Waals surface area (Å²) in [6.07, 6.45) is -2.64. The second kappa shape index (κ2) is 18.2. The Balaban J connectivity index is 1.41. The molecule has 2 aliphatic rings. The number of primary amides is 1. The van der Waals surface area contributed by atoms with Crippen LogP contribution in [0.15, 0.2) is 51.9 Å². The molecule has 276 valence electrons. The summed E-state index contributed by atoms with van der Waals surface area (Å²) < 4.78 is 17.9. The number of carbonyl (C=O) groups is 2. The number of aryl methyl sites for hydroxylation is 1. The molecule has 2 aromatic rings. The first-order chi connectivity index (χ1) is 23.9. The lowest BCUT2D eigenvalue weighted by atomic mass is 9.99. The number of nitrogens with zero attached hydrogens (tertiary/aromatic N) is 1. The van der Waals surface area contributed by atoms with Crippen LogP contribution in [0, 0.1) is 0 Å². The average molecular weight is 705 g/mol. The molecule has 17 nitrogen and oxygen atoms in total. The number of aliphatic hydroxyl groups is 4. The molecule has 1 aromatic heterocycles. The molecule has 0 saturated carbocycles. The number of unbranched alkanes of at least 4 members (excludes halogenated alkanes) is 4. The molecule has 0 bridgehead atoms. The van der Waals surface area contributed by atoms with Gasteiger partial charge < -0.3 is 56.7 Å². The molecule has 2 amide bonds. The van der Waals surface area contributed by atoms with E-state index < -0.39 is 77.8 Å². The van der Waals surface area contributed by atoms with Crippen molar-refractivity contribution in [2.24, 2.45) is 11.5 Å². The van der Waals surface area contributed by atoms with Gasteiger partial charge >= 0.3 is 5.69 Å². The summed E-state index contributed by atoms with van der Waals surface area (Å²) in [4.78, 5) is 51.4. The lowest BCUT2D eigenvalue weighted by molar-refractivity contribution is -0.219. The number of nitrogens with two attached hydrogens (primary N) is 2. The van der Waals surface area contributed by atoms with Crippen molar-refractivity contribution in [1.82, 2.24) is 14.9 Å². The number of carbonyl (C=O) groups excluding carboxylic acids is 2. The van der Waals surface area contributed by atoms with Crippen molar-refractivity contribution in [2.75, 3.05) is 18.4 Å². The van der Waals surface area contributed by atoms with Gasteiger partial charge in [0.2, 0.25) is 17.7 Å². The zero-order valence-electron chi connectivity index (χ0n) is 27.9. The molecule has 1 saturated heterocycles. The van der Waals surface area contributed by atoms with Crippen LogP contribution in [0.4, 0.5) is 5.69 Å². The average Bonchev–Trinajstić information content (AvgIpc) is 3.53. The number of ether oxygens (including phenoxy) is 3. The topological polar surface area (TPSA) is 274 Å². The number of amides is 2. The number of aromatic amines is 1. The number of rotatable bonds is 19. The van der Waals surface area contributed by atoms with Gasteiger partial charge in [0.1, 0.15) is 30.5 Å². The lowest BCUT2D eigenvalue weighted by Gasteiger charge is -2.34. The Labute approximate surface area is 288 Å². The van der Waals surface area contributed by atoms with Crippen molar-refractivity contribution in [1.29, 1.82) is 0 Å². The second-order valence-electron chi connectivity index (χ2n) is 12.4. The van der Waals surface area contributed by atoms with Crippen molar-refractivity contribution in [2.45, 2.75) is 107 Å². The van der Waals surface area contributed by atoms with E-state index in [1.165, 1.54) is 31.2 Å². The van der Waals surface area contributed by atoms with Gasteiger partial charge in [-0.15, -0.1) is 0 Å². The minimum Gasteiger partial charge on any atom is -0.505 e. The summed E-state index contributed by atoms with van der Waals surface area (Å²) in [7, 11) is 0. The van der Waals surface area contributed by atoms with Gasteiger partial charge in [0, 0.05) is 30.9 Å². The normalized spacial score (nSPS) is 24.6. The van der Waals surface area contributed by atoms with Crippen molar-refractivity contribution >= 4 is 23.4 Å². The number of benzene rings is 1. The molecule has 8 atom stereocenters. The molecule has 2 aliphatic heterocycles. The molecular weight excluding hydrogens is 656 g/mol. The Morgan fingerprint density at radius 1 is 1.04 bits per heavy atom. The monoisotopic (exact) mass is 704 g/mol. The third-order valence-corrected chi connectivity index (χ3v) is 8.65. The predicted molar refractivity (Wildman–Crippen MR) is 180 cm³/mol. The Morgan fingerprint density at radius 3 is 2.40 bits per heavy atom. The summed E-state index contributed by atoms with van der Waals surface area (Å²) >= 11 is 0. The molecule has 11 N–H and O–H groups in total. The van der Waals surface area contributed by atoms with Gasteiger partial charge in [0.25, 0.3) is 5.56 Å². The molecular formula is C33H48N6O11. The molecule has 0 radical (unpaired) electrons. The molecule has 0 spiro atoms. The SMILES string of the molecule is CCCCCCCc1ccc(NC(=O)CCCN[C@H](C(N)=O)[C@H](OC2O[C@H](CN)[C@@H](O)[C@H]2O)[C@H]2OC(n3ccc(=O)[nH]c3=O)=C(O)[C@H]2O)cc1. The maximum atomic E-state index is 12.8. The Hall–Kier alpha value is -4.10. The fourth-order valence-electron chi connectivity index (χ4n) is 5.86. The number of H-pyrrole nitrogens is 1. The van der Waals surface area contributed by atoms with E-state index in [2.05, 4.69) is 17.6 Å². The van der Waals surface area contributed by atoms with E-state index in [1.54, 1.807) is 0 Å². The highest BCUT2D eigenvalue weighted by molar-refractivity contribution is 5.90. The van der Waals surface area contributed by atoms with Crippen LogP contribution >= 0.6 is 0 Å². The maximum absolute atomic E-state index is 12.8. The number of aliphatic hydroxyl groups excluding tert-OH is 4. The number of hydrogen-bond acceptors (Lipinski definition) is 13. The predicted octanol–water partition coefficient (Wildman–Crippen LogP) is -0.854. The number of aromatic nitrogens is 2. The number of nitrogens with one attached hydrogen (secondary N) is 3. The molecule has 17 heteroatoms. The molecule has 1 unspecified atom stereocenters. The van der Waals surface area contributed by atoms with E-state index >= 15 is 0 Å². The highest BCUT2D eigenvalue weighted by atomic mass is 16.7. The number of hydrogen-bond donors (Lipinski definition) is 9. The highest BCUT2D eigenvalue weighted by Gasteiger charge is 2.51. The van der Waals surface area contributed by atoms with Crippen LogP contribution in [-0.4, -0.2) is 104 Å². The Bertz CT molecular complexity index is 1580. The van der Waals surface area contributed by atoms with Gasteiger partial charge in [-0.3, -0.25) is 19.4 Å². The van der Waals surface area contributed by atoms with Crippen LogP contribution in [0.25, 0.3) is 5.88 Å². The molecule has 50 heavy (non-hydrogen) atoms. The Kier molecular flexibility index (Phi) is 14.1. The molecule has 4 rings (SSSR count). The standard InChI is InChI=1S/C33H48N6O11/c1-2-3-4-5-6-8-18-10-12-19(13-11-18)37-21(40)9-7-15-36-23(30(35)46)28(50-32-27(45)24(42)20(17-34)48-32)29-25(43)26(44)31(49-29)39-16-14-22(41)38-33(39)47/h10-14,16,20,23-25,27-29,32,36,42-45H,2-9,15,17,34H2,1H3,(H2,35,46)(H,37,40)(H,38,41,47)/t20-,23+,24-,25-,27-,28+,29+,32?/m1/s1. The van der Waals surface area contributed by atoms with E-state index in [9.17, 15) is 39.6 Å². The van der Waals surface area contributed by atoms with Crippen LogP contribution in [-0.2, 0) is 30.2 Å². The summed E-state index contributed by atoms with van der Waals surface area (Å²) in [6, 6.07) is 7.15. The van der Waals surface area contributed by atoms with Crippen molar-refractivity contribution < 1.29 is 44.2 Å². The van der Waals surface area contributed by atoms with E-state index in [0.29, 0.717) is 5.69 Å². The minimum atomic E-state index is -1.90. The summed E-state index contributed by atoms with van der Waals surface area (Å²) in [6.45, 7) is 2.03. The van der Waals surface area contributed by atoms with Gasteiger partial charge in [-0.25, -0.2) is 9.36 Å². The highest BCUT2D eigenvalue weighted by Crippen LogP contribution is 2.33. The first-order valence-corrected chi connectivity index (χ1v) is 16.8. The van der Waals surface area contributed by atoms with E-state index in [0.717, 1.165) is 29.7 Å². The first-order valence-electron chi connectivity index (χ1n) is 16.8. The van der Waals surface area contributed by atoms with Crippen LogP contribution in [0.1, 0.15) is 57.4 Å². The third kappa shape index (κ3) is 9.78. The molecule has 0 aliphatic carbocycles. The van der Waals surface area contributed by atoms with Crippen LogP contribution in [0.5, 0.6) is 0 Å². The van der Waals surface area contributed by atoms with E-state index in [4.69, 9.17) is 25.7 Å². The molecule has 1 fully saturated rings. The van der Waals surface area contributed by atoms with Gasteiger partial charge in [0.15, 0.2) is 24.3 Å². The zero-order valence-corrected chi connectivity index (χ0v) is 27.9. The van der Waals surface area contributed by atoms with Crippen molar-refractivity contribution in [3.8, 4) is 0 Å². The van der Waals surface area contributed by atoms with Gasteiger partial charge in [-0.05, 0) is 43.5 Å². The number of anilines is 1. The smallest absolute Gasteiger partial charge is 0.335 e. The maximum Gasteiger partial charge on any atom is 0.335 e. The van der Waals surface area contributed by atoms with E-state index in [-0.39, 0.29) is 31.8 Å². The third-order valence-electron chi connectivity index (χ3n) is 8.65. The van der Waals surface area contributed by atoms with Gasteiger partial charge in [-0.2, -0.15) is 0 Å². The zero-order chi connectivity index (χ0) is 36.4. The van der Waals surface area contributed by atoms with E-state index in [1.807, 2.05) is 29.2 Å². The van der Waals surface area contributed by atoms with Crippen molar-refractivity contribution in [3.63, 3.8) is 0 Å². The lowest BCUT2D eigenvalue weighted by Crippen LogP contribution is -2.59. The van der Waals surface area contributed by atoms with Crippen LogP contribution in [0.2, 0.25) is 0 Å². The summed E-state index contributed by atoms with van der Waals surface area (Å²) in [5, 5.41) is 48.4. The Morgan fingerprint density at radius 2 is 1.76 bits per heavy atom. The van der Waals surface area contributed by atoms with Crippen LogP contribution < -0.4 is 33.3 Å². The van der Waals surface area contributed by atoms with Crippen LogP contribution in [0.3, 0.4) is 0 Å². The summed E-state index contributed by atoms with van der Waals surface area (Å²) in [5.41, 5.74) is 11.5. The fraction of sp³-hybridized carbons (Fsp3) is 0.576. The quantitative estimate of drug-likeness (QED) is 0.0807. The molecule has 3 heterocycles. The largest absolute Gasteiger partial charge is 0.505 e. The fourth-order valence-corrected chi connectivity index (χ4v) is 5.86.